The molecule has 0 amide bonds. The summed E-state index contributed by atoms with van der Waals surface area (Å²) in [6.45, 7) is 3.72. The Hall–Kier alpha value is -1.08. The molecular weight excluding hydrogens is 184 g/mol. The van der Waals surface area contributed by atoms with E-state index in [-0.39, 0.29) is 0 Å². The molecule has 0 aliphatic carbocycles. The average Bonchev–Trinajstić information content (AvgIpc) is 2.99. The summed E-state index contributed by atoms with van der Waals surface area (Å²) < 4.78 is 5.52. The topological polar surface area (TPSA) is 12.5 Å². The number of benzene rings is 1. The predicted molar refractivity (Wildman–Crippen MR) is 62.9 cm³/mol. The second-order valence-electron chi connectivity index (χ2n) is 4.12. The van der Waals surface area contributed by atoms with Crippen LogP contribution in [0.3, 0.4) is 0 Å². The molecule has 2 atom stereocenters. The summed E-state index contributed by atoms with van der Waals surface area (Å²) in [4.78, 5) is 0. The Labute approximate surface area is 91.8 Å². The molecule has 0 radical (unpaired) electrons. The lowest BCUT2D eigenvalue weighted by molar-refractivity contribution is 0.360. The summed E-state index contributed by atoms with van der Waals surface area (Å²) in [7, 11) is 0. The Morgan fingerprint density at radius 2 is 2.00 bits per heavy atom. The monoisotopic (exact) mass is 202 g/mol. The summed E-state index contributed by atoms with van der Waals surface area (Å²) in [6, 6.07) is 10.6. The van der Waals surface area contributed by atoms with Crippen LogP contribution in [-0.2, 0) is 11.2 Å². The van der Waals surface area contributed by atoms with Crippen LogP contribution in [-0.4, -0.2) is 12.2 Å². The molecule has 1 aliphatic heterocycles. The number of aryl methyl sites for hydroxylation is 1. The third-order valence-electron chi connectivity index (χ3n) is 2.88. The summed E-state index contributed by atoms with van der Waals surface area (Å²) in [5.41, 5.74) is 1.43. The second-order valence-corrected chi connectivity index (χ2v) is 4.12. The van der Waals surface area contributed by atoms with Crippen LogP contribution in [0.2, 0.25) is 0 Å². The minimum Gasteiger partial charge on any atom is -0.369 e. The van der Waals surface area contributed by atoms with Gasteiger partial charge in [-0.2, -0.15) is 0 Å². The molecule has 0 saturated carbocycles. The van der Waals surface area contributed by atoms with Gasteiger partial charge in [0.15, 0.2) is 0 Å². The van der Waals surface area contributed by atoms with Crippen LogP contribution < -0.4 is 0 Å². The van der Waals surface area contributed by atoms with E-state index in [1.807, 2.05) is 6.08 Å². The van der Waals surface area contributed by atoms with Crippen molar-refractivity contribution >= 4 is 0 Å². The van der Waals surface area contributed by atoms with Gasteiger partial charge >= 0.3 is 0 Å². The normalized spacial score (nSPS) is 23.7. The van der Waals surface area contributed by atoms with Crippen molar-refractivity contribution in [3.63, 3.8) is 0 Å². The van der Waals surface area contributed by atoms with Crippen LogP contribution >= 0.6 is 0 Å². The standard InChI is InChI=1S/C14H18O/c1-2-7-13-14(15-13)11-6-10-12-8-4-3-5-9-12/h2-5,8-9,13-14H,1,6-7,10-11H2/t13-,14+/m0/s1. The molecule has 0 bridgehead atoms. The average molecular weight is 202 g/mol. The highest BCUT2D eigenvalue weighted by Crippen LogP contribution is 2.29. The van der Waals surface area contributed by atoms with Gasteiger partial charge < -0.3 is 4.74 Å². The van der Waals surface area contributed by atoms with Crippen molar-refractivity contribution in [2.75, 3.05) is 0 Å². The lowest BCUT2D eigenvalue weighted by Gasteiger charge is -1.98. The number of ether oxygens (including phenoxy) is 1. The summed E-state index contributed by atoms with van der Waals surface area (Å²) in [5, 5.41) is 0. The summed E-state index contributed by atoms with van der Waals surface area (Å²) in [6.07, 6.45) is 7.51. The lowest BCUT2D eigenvalue weighted by atomic mass is 10.1. The van der Waals surface area contributed by atoms with Crippen LogP contribution in [0, 0.1) is 0 Å². The van der Waals surface area contributed by atoms with Crippen molar-refractivity contribution in [2.45, 2.75) is 37.9 Å². The molecule has 1 aromatic carbocycles. The molecule has 1 heteroatoms. The highest BCUT2D eigenvalue weighted by molar-refractivity contribution is 5.14. The van der Waals surface area contributed by atoms with E-state index >= 15 is 0 Å². The van der Waals surface area contributed by atoms with Crippen molar-refractivity contribution in [3.05, 3.63) is 48.6 Å². The molecule has 1 fully saturated rings. The highest BCUT2D eigenvalue weighted by atomic mass is 16.6. The predicted octanol–water partition coefficient (Wildman–Crippen LogP) is 3.35. The maximum Gasteiger partial charge on any atom is 0.0876 e. The van der Waals surface area contributed by atoms with Crippen LogP contribution in [0.25, 0.3) is 0 Å². The molecular formula is C14H18O. The van der Waals surface area contributed by atoms with Crippen LogP contribution in [0.1, 0.15) is 24.8 Å². The molecule has 80 valence electrons. The molecule has 1 aliphatic rings. The van der Waals surface area contributed by atoms with Gasteiger partial charge in [-0.3, -0.25) is 0 Å². The number of rotatable bonds is 6. The lowest BCUT2D eigenvalue weighted by Crippen LogP contribution is -1.94. The Balaban J connectivity index is 1.62. The minimum absolute atomic E-state index is 0.471. The Kier molecular flexibility index (Phi) is 3.57. The van der Waals surface area contributed by atoms with Gasteiger partial charge in [0.2, 0.25) is 0 Å². The van der Waals surface area contributed by atoms with Gasteiger partial charge in [0, 0.05) is 0 Å². The molecule has 1 aromatic rings. The molecule has 2 rings (SSSR count). The fourth-order valence-electron chi connectivity index (χ4n) is 1.96. The summed E-state index contributed by atoms with van der Waals surface area (Å²) >= 11 is 0. The van der Waals surface area contributed by atoms with Gasteiger partial charge in [-0.15, -0.1) is 6.58 Å². The maximum absolute atomic E-state index is 5.52. The first-order valence-electron chi connectivity index (χ1n) is 5.70. The fraction of sp³-hybridized carbons (Fsp3) is 0.429. The maximum atomic E-state index is 5.52. The van der Waals surface area contributed by atoms with E-state index in [1.54, 1.807) is 0 Å². The third kappa shape index (κ3) is 3.21. The molecule has 0 aromatic heterocycles. The van der Waals surface area contributed by atoms with E-state index in [1.165, 1.54) is 24.8 Å². The van der Waals surface area contributed by atoms with E-state index in [9.17, 15) is 0 Å². The molecule has 1 nitrogen and oxygen atoms in total. The first-order valence-corrected chi connectivity index (χ1v) is 5.70. The van der Waals surface area contributed by atoms with Crippen LogP contribution in [0.4, 0.5) is 0 Å². The van der Waals surface area contributed by atoms with E-state index in [2.05, 4.69) is 36.9 Å². The molecule has 0 unspecified atom stereocenters. The van der Waals surface area contributed by atoms with E-state index in [4.69, 9.17) is 4.74 Å². The smallest absolute Gasteiger partial charge is 0.0876 e. The van der Waals surface area contributed by atoms with Crippen molar-refractivity contribution in [2.24, 2.45) is 0 Å². The van der Waals surface area contributed by atoms with Gasteiger partial charge in [-0.05, 0) is 31.2 Å². The van der Waals surface area contributed by atoms with Gasteiger partial charge in [-0.1, -0.05) is 36.4 Å². The zero-order valence-corrected chi connectivity index (χ0v) is 9.06. The van der Waals surface area contributed by atoms with Crippen molar-refractivity contribution in [1.82, 2.24) is 0 Å². The van der Waals surface area contributed by atoms with Gasteiger partial charge in [0.25, 0.3) is 0 Å². The fourth-order valence-corrected chi connectivity index (χ4v) is 1.96. The molecule has 1 heterocycles. The number of epoxide rings is 1. The Morgan fingerprint density at radius 3 is 2.73 bits per heavy atom. The number of hydrogen-bond donors (Lipinski definition) is 0. The van der Waals surface area contributed by atoms with Gasteiger partial charge in [0.1, 0.15) is 0 Å². The Morgan fingerprint density at radius 1 is 1.20 bits per heavy atom. The third-order valence-corrected chi connectivity index (χ3v) is 2.88. The van der Waals surface area contributed by atoms with Crippen molar-refractivity contribution in [3.8, 4) is 0 Å². The largest absolute Gasteiger partial charge is 0.369 e. The molecule has 15 heavy (non-hydrogen) atoms. The first kappa shape index (κ1) is 10.4. The zero-order chi connectivity index (χ0) is 10.5. The highest BCUT2D eigenvalue weighted by Gasteiger charge is 2.36. The van der Waals surface area contributed by atoms with E-state index in [0.29, 0.717) is 12.2 Å². The summed E-state index contributed by atoms with van der Waals surface area (Å²) in [5.74, 6) is 0. The van der Waals surface area contributed by atoms with E-state index in [0.717, 1.165) is 6.42 Å². The van der Waals surface area contributed by atoms with E-state index < -0.39 is 0 Å². The minimum atomic E-state index is 0.471. The van der Waals surface area contributed by atoms with Crippen molar-refractivity contribution < 1.29 is 4.74 Å². The molecule has 1 saturated heterocycles. The first-order chi connectivity index (χ1) is 7.40. The molecule has 0 N–H and O–H groups in total. The van der Waals surface area contributed by atoms with Gasteiger partial charge in [-0.25, -0.2) is 0 Å². The van der Waals surface area contributed by atoms with Gasteiger partial charge in [0.05, 0.1) is 12.2 Å². The molecule has 0 spiro atoms. The SMILES string of the molecule is C=CC[C@@H]1O[C@@H]1CCCc1ccccc1. The zero-order valence-electron chi connectivity index (χ0n) is 9.06. The Bertz CT molecular complexity index is 304. The van der Waals surface area contributed by atoms with Crippen molar-refractivity contribution in [1.29, 1.82) is 0 Å². The van der Waals surface area contributed by atoms with Crippen LogP contribution in [0.15, 0.2) is 43.0 Å². The quantitative estimate of drug-likeness (QED) is 0.509. The second kappa shape index (κ2) is 5.13. The van der Waals surface area contributed by atoms with Crippen LogP contribution in [0.5, 0.6) is 0 Å². The number of hydrogen-bond acceptors (Lipinski definition) is 1.